The second-order valence-corrected chi connectivity index (χ2v) is 9.53. The van der Waals surface area contributed by atoms with Crippen LogP contribution in [0.4, 0.5) is 0 Å². The maximum absolute atomic E-state index is 11.3. The average molecular weight is 439 g/mol. The Labute approximate surface area is 195 Å². The van der Waals surface area contributed by atoms with Crippen LogP contribution in [0.3, 0.4) is 0 Å². The lowest BCUT2D eigenvalue weighted by Gasteiger charge is -2.42. The Morgan fingerprint density at radius 3 is 1.58 bits per heavy atom. The molecule has 184 valence electrons. The topological polar surface area (TPSA) is 26.3 Å². The quantitative estimate of drug-likeness (QED) is 0.0695. The summed E-state index contributed by atoms with van der Waals surface area (Å²) in [5.41, 5.74) is 0. The van der Waals surface area contributed by atoms with Crippen LogP contribution in [0, 0.1) is 0 Å². The van der Waals surface area contributed by atoms with E-state index in [0.29, 0.717) is 12.6 Å². The van der Waals surface area contributed by atoms with Gasteiger partial charge in [0.15, 0.2) is 0 Å². The van der Waals surface area contributed by atoms with Crippen molar-refractivity contribution in [3.63, 3.8) is 0 Å². The molecule has 0 aliphatic heterocycles. The second kappa shape index (κ2) is 21.0. The molecule has 0 aromatic heterocycles. The standard InChI is InChI=1S/C28H56NO2/c1-6-10-11-12-13-14-15-16-17-18-19-20-21-22-23-24-27(5)29(8-3,9-4)25-26-31-28(30)7-2/h7,27H,2,6,8-26H2,1,3-5H3/q+1. The van der Waals surface area contributed by atoms with E-state index in [4.69, 9.17) is 4.74 Å². The normalized spacial score (nSPS) is 12.6. The van der Waals surface area contributed by atoms with Gasteiger partial charge in [-0.15, -0.1) is 0 Å². The fourth-order valence-electron chi connectivity index (χ4n) is 4.86. The van der Waals surface area contributed by atoms with Crippen LogP contribution in [-0.2, 0) is 9.53 Å². The van der Waals surface area contributed by atoms with Crippen molar-refractivity contribution in [1.29, 1.82) is 0 Å². The van der Waals surface area contributed by atoms with Gasteiger partial charge in [0.1, 0.15) is 13.2 Å². The SMILES string of the molecule is C=CC(=O)OCC[N+](CC)(CC)C(C)CCCCCCCCCCCCCCCCC. The van der Waals surface area contributed by atoms with Crippen LogP contribution in [-0.4, -0.2) is 42.7 Å². The van der Waals surface area contributed by atoms with Crippen molar-refractivity contribution in [3.8, 4) is 0 Å². The molecule has 0 saturated carbocycles. The summed E-state index contributed by atoms with van der Waals surface area (Å²) >= 11 is 0. The zero-order valence-electron chi connectivity index (χ0n) is 21.8. The second-order valence-electron chi connectivity index (χ2n) is 9.53. The molecule has 0 saturated heterocycles. The van der Waals surface area contributed by atoms with Gasteiger partial charge in [-0.3, -0.25) is 0 Å². The van der Waals surface area contributed by atoms with Gasteiger partial charge in [0.25, 0.3) is 0 Å². The number of quaternary nitrogens is 1. The van der Waals surface area contributed by atoms with Crippen molar-refractivity contribution in [2.45, 2.75) is 136 Å². The van der Waals surface area contributed by atoms with Crippen LogP contribution in [0.5, 0.6) is 0 Å². The van der Waals surface area contributed by atoms with Crippen molar-refractivity contribution in [2.75, 3.05) is 26.2 Å². The monoisotopic (exact) mass is 438 g/mol. The first kappa shape index (κ1) is 30.2. The Morgan fingerprint density at radius 1 is 0.774 bits per heavy atom. The number of likely N-dealkylation sites (N-methyl/N-ethyl adjacent to an activating group) is 1. The lowest BCUT2D eigenvalue weighted by atomic mass is 10.0. The molecule has 0 radical (unpaired) electrons. The Hall–Kier alpha value is -0.830. The van der Waals surface area contributed by atoms with Crippen LogP contribution in [0.1, 0.15) is 130 Å². The van der Waals surface area contributed by atoms with Crippen LogP contribution < -0.4 is 0 Å². The van der Waals surface area contributed by atoms with Crippen molar-refractivity contribution in [2.24, 2.45) is 0 Å². The van der Waals surface area contributed by atoms with E-state index in [1.165, 1.54) is 109 Å². The minimum Gasteiger partial charge on any atom is -0.457 e. The minimum absolute atomic E-state index is 0.305. The molecule has 1 atom stereocenters. The summed E-state index contributed by atoms with van der Waals surface area (Å²) < 4.78 is 6.30. The Kier molecular flexibility index (Phi) is 20.5. The third kappa shape index (κ3) is 15.6. The molecule has 31 heavy (non-hydrogen) atoms. The average Bonchev–Trinajstić information content (AvgIpc) is 2.79. The van der Waals surface area contributed by atoms with Gasteiger partial charge in [0, 0.05) is 6.08 Å². The number of ether oxygens (including phenoxy) is 1. The van der Waals surface area contributed by atoms with Crippen LogP contribution in [0.2, 0.25) is 0 Å². The highest BCUT2D eigenvalue weighted by Gasteiger charge is 2.30. The van der Waals surface area contributed by atoms with E-state index in [1.54, 1.807) is 0 Å². The van der Waals surface area contributed by atoms with Gasteiger partial charge in [0.2, 0.25) is 0 Å². The highest BCUT2D eigenvalue weighted by Crippen LogP contribution is 2.20. The first-order valence-corrected chi connectivity index (χ1v) is 13.7. The van der Waals surface area contributed by atoms with E-state index >= 15 is 0 Å². The number of unbranched alkanes of at least 4 members (excludes halogenated alkanes) is 14. The number of hydrogen-bond donors (Lipinski definition) is 0. The van der Waals surface area contributed by atoms with Crippen LogP contribution in [0.25, 0.3) is 0 Å². The Balaban J connectivity index is 3.70. The fraction of sp³-hybridized carbons (Fsp3) is 0.893. The molecule has 3 nitrogen and oxygen atoms in total. The summed E-state index contributed by atoms with van der Waals surface area (Å²) in [5, 5.41) is 0. The fourth-order valence-corrected chi connectivity index (χ4v) is 4.86. The molecule has 0 aliphatic rings. The minimum atomic E-state index is -0.305. The summed E-state index contributed by atoms with van der Waals surface area (Å²) in [6.45, 7) is 16.3. The molecule has 0 N–H and O–H groups in total. The highest BCUT2D eigenvalue weighted by atomic mass is 16.5. The molecule has 3 heteroatoms. The van der Waals surface area contributed by atoms with Gasteiger partial charge < -0.3 is 9.22 Å². The third-order valence-corrected chi connectivity index (χ3v) is 7.37. The van der Waals surface area contributed by atoms with Gasteiger partial charge in [-0.2, -0.15) is 0 Å². The molecule has 0 bridgehead atoms. The number of rotatable bonds is 23. The molecule has 0 amide bonds. The van der Waals surface area contributed by atoms with E-state index in [-0.39, 0.29) is 5.97 Å². The van der Waals surface area contributed by atoms with E-state index in [0.717, 1.165) is 24.1 Å². The van der Waals surface area contributed by atoms with Crippen molar-refractivity contribution >= 4 is 5.97 Å². The largest absolute Gasteiger partial charge is 0.457 e. The molecule has 0 aliphatic carbocycles. The summed E-state index contributed by atoms with van der Waals surface area (Å²) in [7, 11) is 0. The molecule has 0 rings (SSSR count). The van der Waals surface area contributed by atoms with Crippen LogP contribution in [0.15, 0.2) is 12.7 Å². The number of carbonyl (C=O) groups excluding carboxylic acids is 1. The van der Waals surface area contributed by atoms with Gasteiger partial charge in [0.05, 0.1) is 19.1 Å². The molecule has 0 fully saturated rings. The molecule has 0 aromatic carbocycles. The molecule has 0 aromatic rings. The summed E-state index contributed by atoms with van der Waals surface area (Å²) in [6, 6.07) is 0.624. The number of hydrogen-bond acceptors (Lipinski definition) is 2. The van der Waals surface area contributed by atoms with Crippen molar-refractivity contribution in [3.05, 3.63) is 12.7 Å². The molecule has 0 heterocycles. The van der Waals surface area contributed by atoms with Gasteiger partial charge in [-0.05, 0) is 33.6 Å². The van der Waals surface area contributed by atoms with E-state index < -0.39 is 0 Å². The Morgan fingerprint density at radius 2 is 1.19 bits per heavy atom. The smallest absolute Gasteiger partial charge is 0.330 e. The third-order valence-electron chi connectivity index (χ3n) is 7.37. The first-order valence-electron chi connectivity index (χ1n) is 13.7. The van der Waals surface area contributed by atoms with Gasteiger partial charge >= 0.3 is 5.97 Å². The van der Waals surface area contributed by atoms with Crippen molar-refractivity contribution in [1.82, 2.24) is 0 Å². The first-order chi connectivity index (χ1) is 15.1. The Bertz CT molecular complexity index is 417. The summed E-state index contributed by atoms with van der Waals surface area (Å²) in [5.74, 6) is -0.305. The maximum Gasteiger partial charge on any atom is 0.330 e. The summed E-state index contributed by atoms with van der Waals surface area (Å²) in [4.78, 5) is 11.3. The highest BCUT2D eigenvalue weighted by molar-refractivity contribution is 5.81. The predicted octanol–water partition coefficient (Wildman–Crippen LogP) is 8.22. The zero-order valence-corrected chi connectivity index (χ0v) is 21.8. The molecule has 0 spiro atoms. The van der Waals surface area contributed by atoms with Crippen LogP contribution >= 0.6 is 0 Å². The van der Waals surface area contributed by atoms with Gasteiger partial charge in [-0.25, -0.2) is 4.79 Å². The summed E-state index contributed by atoms with van der Waals surface area (Å²) in [6.07, 6.45) is 23.8. The zero-order chi connectivity index (χ0) is 23.2. The van der Waals surface area contributed by atoms with Gasteiger partial charge in [-0.1, -0.05) is 103 Å². The van der Waals surface area contributed by atoms with E-state index in [2.05, 4.69) is 34.3 Å². The number of esters is 1. The van der Waals surface area contributed by atoms with E-state index in [1.807, 2.05) is 0 Å². The lowest BCUT2D eigenvalue weighted by Crippen LogP contribution is -2.55. The number of carbonyl (C=O) groups is 1. The molecule has 1 unspecified atom stereocenters. The van der Waals surface area contributed by atoms with Crippen molar-refractivity contribution < 1.29 is 14.0 Å². The maximum atomic E-state index is 11.3. The molecular weight excluding hydrogens is 382 g/mol. The van der Waals surface area contributed by atoms with E-state index in [9.17, 15) is 4.79 Å². The lowest BCUT2D eigenvalue weighted by molar-refractivity contribution is -0.946. The molecular formula is C28H56NO2+. The predicted molar refractivity (Wildman–Crippen MR) is 136 cm³/mol. The number of nitrogens with zero attached hydrogens (tertiary/aromatic N) is 1.